The summed E-state index contributed by atoms with van der Waals surface area (Å²) in [6, 6.07) is 63.5. The molecule has 0 saturated carbocycles. The fraction of sp³-hybridized carbons (Fsp3) is 0.172. The van der Waals surface area contributed by atoms with Crippen LogP contribution >= 0.6 is 0 Å². The summed E-state index contributed by atoms with van der Waals surface area (Å²) >= 11 is 0. The maximum Gasteiger partial charge on any atom is 0.0991 e. The minimum Gasteiger partial charge on any atom is -0.309 e. The van der Waals surface area contributed by atoms with Crippen LogP contribution in [0, 0.1) is 11.3 Å². The van der Waals surface area contributed by atoms with Crippen LogP contribution in [0.2, 0.25) is 0 Å². The first-order chi connectivity index (χ1) is 32.7. The molecule has 318 valence electrons. The minimum atomic E-state index is -0.524. The Bertz CT molecular complexity index is 3870. The van der Waals surface area contributed by atoms with Gasteiger partial charge in [0, 0.05) is 40.1 Å². The molecule has 4 aliphatic carbocycles. The van der Waals surface area contributed by atoms with Crippen LogP contribution in [0.4, 0.5) is 0 Å². The molecule has 8 aromatic carbocycles. The Labute approximate surface area is 391 Å². The molecule has 1 saturated heterocycles. The van der Waals surface area contributed by atoms with Crippen LogP contribution in [0.1, 0.15) is 107 Å². The van der Waals surface area contributed by atoms with Gasteiger partial charge in [-0.25, -0.2) is 0 Å². The summed E-state index contributed by atoms with van der Waals surface area (Å²) in [7, 11) is 0. The van der Waals surface area contributed by atoms with Crippen molar-refractivity contribution in [2.24, 2.45) is 0 Å². The summed E-state index contributed by atoms with van der Waals surface area (Å²) < 4.78 is 2.56. The lowest BCUT2D eigenvalue weighted by Gasteiger charge is -2.42. The van der Waals surface area contributed by atoms with Gasteiger partial charge >= 0.3 is 0 Å². The molecule has 3 unspecified atom stereocenters. The van der Waals surface area contributed by atoms with E-state index in [9.17, 15) is 5.26 Å². The molecule has 9 aromatic rings. The Hall–Kier alpha value is -7.51. The maximum atomic E-state index is 9.83. The van der Waals surface area contributed by atoms with E-state index < -0.39 is 5.41 Å². The van der Waals surface area contributed by atoms with Gasteiger partial charge in [-0.1, -0.05) is 161 Å². The molecule has 0 radical (unpaired) electrons. The van der Waals surface area contributed by atoms with Gasteiger partial charge in [0.2, 0.25) is 0 Å². The van der Waals surface area contributed by atoms with Gasteiger partial charge in [-0.2, -0.15) is 5.26 Å². The number of fused-ring (bicyclic) bond motifs is 17. The molecule has 6 aliphatic rings. The number of nitriles is 1. The van der Waals surface area contributed by atoms with Gasteiger partial charge in [-0.15, -0.1) is 0 Å². The highest BCUT2D eigenvalue weighted by molar-refractivity contribution is 6.13. The lowest BCUT2D eigenvalue weighted by atomic mass is 9.62. The number of allylic oxidation sites excluding steroid dienone is 4. The van der Waals surface area contributed by atoms with Crippen molar-refractivity contribution in [2.75, 3.05) is 6.54 Å². The third kappa shape index (κ3) is 4.69. The molecule has 2 aliphatic heterocycles. The normalized spacial score (nSPS) is 21.1. The zero-order valence-electron chi connectivity index (χ0n) is 38.1. The second-order valence-corrected chi connectivity index (χ2v) is 21.1. The summed E-state index contributed by atoms with van der Waals surface area (Å²) in [4.78, 5) is 0. The summed E-state index contributed by atoms with van der Waals surface area (Å²) in [6.45, 7) is 10.5. The van der Waals surface area contributed by atoms with Gasteiger partial charge in [0.25, 0.3) is 0 Å². The Morgan fingerprint density at radius 2 is 1.15 bits per heavy atom. The van der Waals surface area contributed by atoms with E-state index in [2.05, 4.69) is 207 Å². The average Bonchev–Trinajstić information content (AvgIpc) is 4.01. The Morgan fingerprint density at radius 1 is 0.552 bits per heavy atom. The molecule has 1 fully saturated rings. The van der Waals surface area contributed by atoms with Crippen LogP contribution in [-0.2, 0) is 16.2 Å². The highest BCUT2D eigenvalue weighted by Crippen LogP contribution is 2.64. The SMILES string of the molecule is CC1(C)c2cc(C#N)ccc2-c2ccc(C3C=CC4=C(C3)C3(c5cc(-c6ccc7c(c6)C(C)(C)c6cc(C8CN8)ccc6-7)ccc54)c4ccccc4-n4c5ccccc5c5cccc3c54)cc21. The van der Waals surface area contributed by atoms with Gasteiger partial charge in [0.1, 0.15) is 0 Å². The lowest BCUT2D eigenvalue weighted by Crippen LogP contribution is -2.35. The quantitative estimate of drug-likeness (QED) is 0.180. The fourth-order valence-electron chi connectivity index (χ4n) is 13.8. The predicted octanol–water partition coefficient (Wildman–Crippen LogP) is 14.7. The smallest absolute Gasteiger partial charge is 0.0991 e. The van der Waals surface area contributed by atoms with Crippen molar-refractivity contribution < 1.29 is 0 Å². The molecule has 0 bridgehead atoms. The van der Waals surface area contributed by atoms with Crippen molar-refractivity contribution in [3.05, 3.63) is 237 Å². The summed E-state index contributed by atoms with van der Waals surface area (Å²) in [5.41, 5.74) is 27.9. The fourth-order valence-corrected chi connectivity index (χ4v) is 13.8. The van der Waals surface area contributed by atoms with E-state index in [1.54, 1.807) is 0 Å². The topological polar surface area (TPSA) is 50.7 Å². The number of hydrogen-bond acceptors (Lipinski definition) is 2. The van der Waals surface area contributed by atoms with Crippen LogP contribution in [0.15, 0.2) is 175 Å². The van der Waals surface area contributed by atoms with Crippen molar-refractivity contribution in [3.8, 4) is 45.1 Å². The molecule has 3 nitrogen and oxygen atoms in total. The molecule has 0 amide bonds. The first-order valence-electron chi connectivity index (χ1n) is 24.1. The molecular formula is C64H47N3. The van der Waals surface area contributed by atoms with Crippen LogP contribution in [0.5, 0.6) is 0 Å². The average molecular weight is 858 g/mol. The number of para-hydroxylation sites is 3. The standard InChI is InChI=1S/C64H47N3/c1-62(2)52-28-36(34-65)16-22-42(52)43-23-17-37(29-53(43)62)39-19-25-46-47-26-20-40(38-18-24-44-45-27-21-41(58-35-66-58)33-55(45)63(3,4)54(44)30-38)32-57(47)64(56(46)31-39)50-12-6-8-15-60(50)67-59-14-7-5-10-48(59)49-11-9-13-51(64)61(49)67/h5-30,32-33,39,58,66H,31,35H2,1-4H3. The second-order valence-electron chi connectivity index (χ2n) is 21.1. The zero-order valence-corrected chi connectivity index (χ0v) is 38.1. The summed E-state index contributed by atoms with van der Waals surface area (Å²) in [6.07, 6.45) is 5.85. The molecule has 1 aromatic heterocycles. The number of nitrogens with zero attached hydrogens (tertiary/aromatic N) is 2. The number of hydrogen-bond donors (Lipinski definition) is 1. The number of rotatable bonds is 3. The Kier molecular flexibility index (Phi) is 7.13. The highest BCUT2D eigenvalue weighted by Gasteiger charge is 2.53. The molecular weight excluding hydrogens is 811 g/mol. The van der Waals surface area contributed by atoms with Crippen LogP contribution in [-0.4, -0.2) is 11.1 Å². The number of benzene rings is 8. The van der Waals surface area contributed by atoms with E-state index >= 15 is 0 Å². The van der Waals surface area contributed by atoms with Crippen molar-refractivity contribution in [1.82, 2.24) is 9.88 Å². The molecule has 67 heavy (non-hydrogen) atoms. The van der Waals surface area contributed by atoms with Gasteiger partial charge < -0.3 is 9.88 Å². The molecule has 3 heteroatoms. The van der Waals surface area contributed by atoms with E-state index in [0.29, 0.717) is 6.04 Å². The van der Waals surface area contributed by atoms with Crippen molar-refractivity contribution in [1.29, 1.82) is 5.26 Å². The second kappa shape index (κ2) is 12.7. The van der Waals surface area contributed by atoms with Crippen molar-refractivity contribution in [2.45, 2.75) is 62.3 Å². The van der Waals surface area contributed by atoms with Crippen LogP contribution < -0.4 is 5.32 Å². The Balaban J connectivity index is 0.930. The van der Waals surface area contributed by atoms with Crippen LogP contribution in [0.3, 0.4) is 0 Å². The predicted molar refractivity (Wildman–Crippen MR) is 273 cm³/mol. The van der Waals surface area contributed by atoms with Crippen LogP contribution in [0.25, 0.3) is 66.4 Å². The third-order valence-corrected chi connectivity index (χ3v) is 17.2. The van der Waals surface area contributed by atoms with Gasteiger partial charge in [-0.3, -0.25) is 0 Å². The number of aromatic nitrogens is 1. The summed E-state index contributed by atoms with van der Waals surface area (Å²) in [5.74, 6) is 0.180. The van der Waals surface area contributed by atoms with E-state index in [-0.39, 0.29) is 16.7 Å². The van der Waals surface area contributed by atoms with Crippen molar-refractivity contribution >= 4 is 27.4 Å². The van der Waals surface area contributed by atoms with Gasteiger partial charge in [0.05, 0.1) is 33.8 Å². The van der Waals surface area contributed by atoms with E-state index in [1.807, 2.05) is 6.07 Å². The largest absolute Gasteiger partial charge is 0.309 e. The van der Waals surface area contributed by atoms with Crippen molar-refractivity contribution in [3.63, 3.8) is 0 Å². The van der Waals surface area contributed by atoms with E-state index in [4.69, 9.17) is 0 Å². The zero-order chi connectivity index (χ0) is 44.7. The monoisotopic (exact) mass is 857 g/mol. The molecule has 1 N–H and O–H groups in total. The van der Waals surface area contributed by atoms with Gasteiger partial charge in [-0.05, 0) is 143 Å². The third-order valence-electron chi connectivity index (χ3n) is 17.2. The Morgan fingerprint density at radius 3 is 1.91 bits per heavy atom. The molecule has 3 atom stereocenters. The summed E-state index contributed by atoms with van der Waals surface area (Å²) in [5, 5.41) is 15.9. The number of nitrogens with one attached hydrogen (secondary N) is 1. The minimum absolute atomic E-state index is 0.107. The maximum absolute atomic E-state index is 9.83. The molecule has 3 heterocycles. The van der Waals surface area contributed by atoms with E-state index in [0.717, 1.165) is 18.5 Å². The van der Waals surface area contributed by atoms with E-state index in [1.165, 1.54) is 128 Å². The lowest BCUT2D eigenvalue weighted by molar-refractivity contribution is 0.647. The first kappa shape index (κ1) is 37.7. The molecule has 1 spiro atoms. The van der Waals surface area contributed by atoms with Gasteiger partial charge in [0.15, 0.2) is 0 Å². The first-order valence-corrected chi connectivity index (χ1v) is 24.1. The highest BCUT2D eigenvalue weighted by atomic mass is 15.1. The molecule has 15 rings (SSSR count).